The second-order valence-corrected chi connectivity index (χ2v) is 20.0. The SMILES string of the molecule is CC.CC.CN1C(=O)c2ccc(Cc3ccc4c(c3)C(=O)N(C)C4=O)cc2C1=O.CN1C(=O)c2ccc(Cc3ccc4c(c3)C(=O)N(C)C4=O)cc2C1=O.[Y].[Y].[c-]1ccc(Oc2ccccc2)cc1.[c-]1ccc(Oc2ccccc2)cc1.[c-]1ccccc1.[c-]1ccccc1. The number of carbonyl (C=O) groups excluding carboxylic acids is 8. The number of carbonyl (C=O) groups is 8. The summed E-state index contributed by atoms with van der Waals surface area (Å²) >= 11 is 0. The van der Waals surface area contributed by atoms with Crippen molar-refractivity contribution in [3.63, 3.8) is 0 Å². The van der Waals surface area contributed by atoms with Crippen LogP contribution in [0.25, 0.3) is 0 Å². The molecule has 0 fully saturated rings. The van der Waals surface area contributed by atoms with Gasteiger partial charge in [-0.3, -0.25) is 58.0 Å². The maximum absolute atomic E-state index is 12.1. The molecule has 4 heterocycles. The smallest absolute Gasteiger partial charge is 0.261 e. The summed E-state index contributed by atoms with van der Waals surface area (Å²) in [5.74, 6) is 0.977. The average Bonchev–Trinajstić information content (AvgIpc) is 1.65. The van der Waals surface area contributed by atoms with Crippen molar-refractivity contribution < 1.29 is 113 Å². The second kappa shape index (κ2) is 37.9. The van der Waals surface area contributed by atoms with Gasteiger partial charge in [-0.1, -0.05) is 88.4 Å². The zero-order valence-corrected chi connectivity index (χ0v) is 59.2. The number of ether oxygens (including phenoxy) is 2. The summed E-state index contributed by atoms with van der Waals surface area (Å²) in [4.78, 5) is 101. The van der Waals surface area contributed by atoms with Gasteiger partial charge < -0.3 is 9.47 Å². The predicted octanol–water partition coefficient (Wildman–Crippen LogP) is 15.0. The Kier molecular flexibility index (Phi) is 30.4. The van der Waals surface area contributed by atoms with E-state index in [0.29, 0.717) is 57.3 Å². The van der Waals surface area contributed by atoms with E-state index in [1.165, 1.54) is 28.2 Å². The molecular weight excluding hydrogens is 1330 g/mol. The molecule has 0 saturated carbocycles. The number of fused-ring (bicyclic) bond motifs is 4. The van der Waals surface area contributed by atoms with Gasteiger partial charge in [-0.15, -0.1) is 24.3 Å². The Bertz CT molecular complexity index is 3610. The molecule has 8 amide bonds. The van der Waals surface area contributed by atoms with Crippen LogP contribution in [0.2, 0.25) is 0 Å². The Morgan fingerprint density at radius 1 is 0.255 bits per heavy atom. The molecule has 470 valence electrons. The summed E-state index contributed by atoms with van der Waals surface area (Å²) < 4.78 is 11.1. The fourth-order valence-electron chi connectivity index (χ4n) is 9.36. The van der Waals surface area contributed by atoms with Crippen LogP contribution in [0.1, 0.15) is 133 Å². The van der Waals surface area contributed by atoms with Gasteiger partial charge in [-0.2, -0.15) is 109 Å². The number of amides is 8. The van der Waals surface area contributed by atoms with Gasteiger partial charge in [0.2, 0.25) is 0 Å². The third kappa shape index (κ3) is 19.8. The minimum atomic E-state index is -0.307. The Balaban J connectivity index is 0.000000215. The Morgan fingerprint density at radius 2 is 0.457 bits per heavy atom. The number of imide groups is 4. The fraction of sp³-hybridized carbons (Fsp3) is 0.128. The minimum absolute atomic E-state index is 0. The average molecular weight is 1400 g/mol. The van der Waals surface area contributed by atoms with Crippen LogP contribution in [0, 0.1) is 24.3 Å². The third-order valence-electron chi connectivity index (χ3n) is 14.0. The van der Waals surface area contributed by atoms with Gasteiger partial charge in [0.05, 0.1) is 44.5 Å². The van der Waals surface area contributed by atoms with Crippen molar-refractivity contribution in [2.45, 2.75) is 40.5 Å². The van der Waals surface area contributed by atoms with E-state index >= 15 is 0 Å². The van der Waals surface area contributed by atoms with Crippen molar-refractivity contribution in [2.24, 2.45) is 0 Å². The first-order valence-corrected chi connectivity index (χ1v) is 29.7. The van der Waals surface area contributed by atoms with Crippen LogP contribution in [-0.2, 0) is 78.3 Å². The monoisotopic (exact) mass is 1400 g/mol. The molecule has 4 aliphatic heterocycles. The van der Waals surface area contributed by atoms with Crippen molar-refractivity contribution in [1.82, 2.24) is 19.6 Å². The van der Waals surface area contributed by atoms with E-state index in [2.05, 4.69) is 24.3 Å². The molecule has 0 spiro atoms. The summed E-state index contributed by atoms with van der Waals surface area (Å²) in [7, 11) is 5.85. The van der Waals surface area contributed by atoms with Gasteiger partial charge >= 0.3 is 0 Å². The number of hydrogen-bond acceptors (Lipinski definition) is 10. The van der Waals surface area contributed by atoms with Crippen LogP contribution in [-0.4, -0.2) is 95.0 Å². The summed E-state index contributed by atoms with van der Waals surface area (Å²) in [5.41, 5.74) is 6.69. The predicted molar refractivity (Wildman–Crippen MR) is 354 cm³/mol. The normalized spacial score (nSPS) is 12.3. The van der Waals surface area contributed by atoms with Crippen molar-refractivity contribution in [3.8, 4) is 23.0 Å². The Hall–Kier alpha value is -9.43. The number of nitrogens with zero attached hydrogens (tertiary/aromatic N) is 4. The number of para-hydroxylation sites is 2. The maximum atomic E-state index is 12.1. The summed E-state index contributed by atoms with van der Waals surface area (Å²) in [6.45, 7) is 8.00. The molecule has 0 saturated heterocycles. The van der Waals surface area contributed by atoms with E-state index in [4.69, 9.17) is 9.47 Å². The van der Waals surface area contributed by atoms with Crippen molar-refractivity contribution in [3.05, 3.63) is 334 Å². The van der Waals surface area contributed by atoms with Crippen molar-refractivity contribution in [1.29, 1.82) is 0 Å². The van der Waals surface area contributed by atoms with Gasteiger partial charge in [0.15, 0.2) is 0 Å². The van der Waals surface area contributed by atoms with Crippen molar-refractivity contribution in [2.75, 3.05) is 28.2 Å². The van der Waals surface area contributed by atoms with E-state index < -0.39 is 0 Å². The molecule has 94 heavy (non-hydrogen) atoms. The largest absolute Gasteiger partial charge is 0.483 e. The van der Waals surface area contributed by atoms with Crippen LogP contribution in [0.15, 0.2) is 243 Å². The first kappa shape index (κ1) is 75.3. The molecule has 16 heteroatoms. The molecule has 14 nitrogen and oxygen atoms in total. The molecule has 4 aliphatic rings. The van der Waals surface area contributed by atoms with Crippen LogP contribution >= 0.6 is 0 Å². The standard InChI is InChI=1S/2C19H14N2O4.2C12H9O.2C6H5.2C2H6.2Y/c2*1-20-16(22)12-5-3-10(8-14(12)18(20)24)7-11-4-6-13-15(9-11)19(25)21(2)17(13)23;2*1-3-7-11(8-4-1)13-12-9-5-2-6-10-12;2*1-2-4-6-5-3-1;2*1-2;;/h2*3-6,8-9H,7H2,1-2H3;2*1,3-10H;2*1-5H;2*1-2H3;;/q;;4*-1;;;;. The van der Waals surface area contributed by atoms with Gasteiger partial charge in [-0.05, 0) is 108 Å². The topological polar surface area (TPSA) is 168 Å². The minimum Gasteiger partial charge on any atom is -0.483 e. The summed E-state index contributed by atoms with van der Waals surface area (Å²) in [5, 5.41) is 0. The van der Waals surface area contributed by atoms with E-state index in [1.807, 2.05) is 198 Å². The Morgan fingerprint density at radius 3 is 0.670 bits per heavy atom. The first-order valence-electron chi connectivity index (χ1n) is 29.7. The zero-order valence-electron chi connectivity index (χ0n) is 53.5. The summed E-state index contributed by atoms with van der Waals surface area (Å²) in [6.07, 6.45) is 0.994. The molecule has 0 aliphatic carbocycles. The van der Waals surface area contributed by atoms with Crippen LogP contribution < -0.4 is 9.47 Å². The quantitative estimate of drug-likeness (QED) is 0.105. The molecule has 0 N–H and O–H groups in total. The third-order valence-corrected chi connectivity index (χ3v) is 14.0. The number of rotatable bonds is 8. The van der Waals surface area contributed by atoms with Crippen LogP contribution in [0.3, 0.4) is 0 Å². The maximum Gasteiger partial charge on any atom is 0.261 e. The molecule has 0 unspecified atom stereocenters. The molecule has 10 aromatic rings. The van der Waals surface area contributed by atoms with Gasteiger partial charge in [0.1, 0.15) is 11.5 Å². The van der Waals surface area contributed by atoms with Gasteiger partial charge in [0, 0.05) is 105 Å². The van der Waals surface area contributed by atoms with E-state index in [0.717, 1.165) is 64.9 Å². The zero-order chi connectivity index (χ0) is 66.1. The van der Waals surface area contributed by atoms with Crippen LogP contribution in [0.5, 0.6) is 23.0 Å². The van der Waals surface area contributed by atoms with Gasteiger partial charge in [-0.25, -0.2) is 0 Å². The van der Waals surface area contributed by atoms with Gasteiger partial charge in [0.25, 0.3) is 47.3 Å². The van der Waals surface area contributed by atoms with E-state index in [-0.39, 0.29) is 113 Å². The summed E-state index contributed by atoms with van der Waals surface area (Å²) in [6, 6.07) is 85.9. The van der Waals surface area contributed by atoms with Crippen molar-refractivity contribution >= 4 is 47.3 Å². The number of hydrogen-bond donors (Lipinski definition) is 0. The molecule has 0 bridgehead atoms. The molecule has 0 aromatic heterocycles. The molecule has 0 atom stereocenters. The first-order chi connectivity index (χ1) is 44.7. The number of benzene rings is 10. The van der Waals surface area contributed by atoms with E-state index in [9.17, 15) is 38.4 Å². The second-order valence-electron chi connectivity index (χ2n) is 20.0. The molecular formula is C78H68N4O10Y2-4. The van der Waals surface area contributed by atoms with E-state index in [1.54, 1.807) is 72.8 Å². The van der Waals surface area contributed by atoms with Crippen LogP contribution in [0.4, 0.5) is 0 Å². The fourth-order valence-corrected chi connectivity index (χ4v) is 9.36. The molecule has 2 radical (unpaired) electrons. The molecule has 14 rings (SSSR count). The molecule has 10 aromatic carbocycles. The Labute approximate surface area is 600 Å².